The SMILES string of the molecule is COCC(C)OC(=O)C(C#N)c1nc2ccccc2nc1N1CCN(c2ccc(F)cc2)CC1. The Balaban J connectivity index is 1.62. The van der Waals surface area contributed by atoms with E-state index in [1.54, 1.807) is 25.1 Å². The van der Waals surface area contributed by atoms with E-state index in [0.29, 0.717) is 43.0 Å². The Morgan fingerprint density at radius 3 is 2.29 bits per heavy atom. The zero-order chi connectivity index (χ0) is 24.1. The maximum Gasteiger partial charge on any atom is 0.330 e. The summed E-state index contributed by atoms with van der Waals surface area (Å²) in [7, 11) is 1.52. The smallest absolute Gasteiger partial charge is 0.330 e. The van der Waals surface area contributed by atoms with E-state index in [1.165, 1.54) is 19.2 Å². The van der Waals surface area contributed by atoms with Gasteiger partial charge in [0.2, 0.25) is 0 Å². The number of benzene rings is 2. The third-order valence-electron chi connectivity index (χ3n) is 5.71. The van der Waals surface area contributed by atoms with Gasteiger partial charge in [0.25, 0.3) is 0 Å². The number of esters is 1. The van der Waals surface area contributed by atoms with Crippen molar-refractivity contribution in [2.45, 2.75) is 18.9 Å². The number of ether oxygens (including phenoxy) is 2. The first-order valence-electron chi connectivity index (χ1n) is 11.1. The molecule has 1 aliphatic rings. The number of carbonyl (C=O) groups is 1. The third-order valence-corrected chi connectivity index (χ3v) is 5.71. The molecule has 0 N–H and O–H groups in total. The highest BCUT2D eigenvalue weighted by atomic mass is 19.1. The van der Waals surface area contributed by atoms with Crippen molar-refractivity contribution in [3.8, 4) is 6.07 Å². The fourth-order valence-corrected chi connectivity index (χ4v) is 4.02. The molecule has 0 radical (unpaired) electrons. The summed E-state index contributed by atoms with van der Waals surface area (Å²) in [6, 6.07) is 15.8. The Morgan fingerprint density at radius 1 is 1.06 bits per heavy atom. The van der Waals surface area contributed by atoms with Crippen molar-refractivity contribution in [1.82, 2.24) is 9.97 Å². The highest BCUT2D eigenvalue weighted by molar-refractivity contribution is 5.85. The molecule has 1 saturated heterocycles. The van der Waals surface area contributed by atoms with E-state index < -0.39 is 18.0 Å². The molecule has 0 amide bonds. The summed E-state index contributed by atoms with van der Waals surface area (Å²) in [6.45, 7) is 4.48. The molecule has 0 saturated carbocycles. The average Bonchev–Trinajstić information content (AvgIpc) is 2.85. The van der Waals surface area contributed by atoms with Gasteiger partial charge in [-0.05, 0) is 43.3 Å². The van der Waals surface area contributed by atoms with E-state index in [-0.39, 0.29) is 18.1 Å². The number of nitrogens with zero attached hydrogens (tertiary/aromatic N) is 5. The van der Waals surface area contributed by atoms with Crippen molar-refractivity contribution < 1.29 is 18.7 Å². The van der Waals surface area contributed by atoms with Crippen molar-refractivity contribution in [1.29, 1.82) is 5.26 Å². The second-order valence-electron chi connectivity index (χ2n) is 8.14. The topological polar surface area (TPSA) is 91.6 Å². The number of methoxy groups -OCH3 is 1. The Morgan fingerprint density at radius 2 is 1.68 bits per heavy atom. The van der Waals surface area contributed by atoms with E-state index in [0.717, 1.165) is 5.69 Å². The molecule has 8 nitrogen and oxygen atoms in total. The summed E-state index contributed by atoms with van der Waals surface area (Å²) in [5, 5.41) is 9.89. The standard InChI is InChI=1S/C25H26FN5O3/c1-17(16-33-2)34-25(32)20(15-27)23-24(29-22-6-4-3-5-21(22)28-23)31-13-11-30(12-14-31)19-9-7-18(26)8-10-19/h3-10,17,20H,11-14,16H2,1-2H3. The van der Waals surface area contributed by atoms with Gasteiger partial charge in [-0.15, -0.1) is 0 Å². The Hall–Kier alpha value is -3.77. The highest BCUT2D eigenvalue weighted by Gasteiger charge is 2.32. The molecular formula is C25H26FN5O3. The molecular weight excluding hydrogens is 437 g/mol. The van der Waals surface area contributed by atoms with Crippen LogP contribution in [-0.2, 0) is 14.3 Å². The molecule has 1 fully saturated rings. The lowest BCUT2D eigenvalue weighted by molar-refractivity contribution is -0.150. The summed E-state index contributed by atoms with van der Waals surface area (Å²) in [6.07, 6.45) is -0.496. The zero-order valence-electron chi connectivity index (χ0n) is 19.1. The molecule has 3 aromatic rings. The second-order valence-corrected chi connectivity index (χ2v) is 8.14. The van der Waals surface area contributed by atoms with Crippen molar-refractivity contribution in [2.75, 3.05) is 49.7 Å². The fourth-order valence-electron chi connectivity index (χ4n) is 4.02. The Bertz CT molecular complexity index is 1190. The summed E-state index contributed by atoms with van der Waals surface area (Å²) >= 11 is 0. The predicted octanol–water partition coefficient (Wildman–Crippen LogP) is 3.28. The maximum absolute atomic E-state index is 13.3. The number of para-hydroxylation sites is 2. The van der Waals surface area contributed by atoms with E-state index >= 15 is 0 Å². The third kappa shape index (κ3) is 5.07. The Kier molecular flexibility index (Phi) is 7.18. The molecule has 2 aromatic carbocycles. The van der Waals surface area contributed by atoms with Gasteiger partial charge in [-0.2, -0.15) is 5.26 Å². The van der Waals surface area contributed by atoms with Gasteiger partial charge in [-0.25, -0.2) is 14.4 Å². The highest BCUT2D eigenvalue weighted by Crippen LogP contribution is 2.29. The molecule has 176 valence electrons. The quantitative estimate of drug-likeness (QED) is 0.493. The van der Waals surface area contributed by atoms with Crippen LogP contribution in [0.25, 0.3) is 11.0 Å². The number of hydrogen-bond acceptors (Lipinski definition) is 8. The van der Waals surface area contributed by atoms with Gasteiger partial charge in [-0.3, -0.25) is 4.79 Å². The molecule has 1 aliphatic heterocycles. The number of aromatic nitrogens is 2. The van der Waals surface area contributed by atoms with Crippen LogP contribution in [0.1, 0.15) is 18.5 Å². The zero-order valence-corrected chi connectivity index (χ0v) is 19.1. The second kappa shape index (κ2) is 10.4. The number of anilines is 2. The van der Waals surface area contributed by atoms with Crippen LogP contribution < -0.4 is 9.80 Å². The van der Waals surface area contributed by atoms with Crippen molar-refractivity contribution in [3.05, 3.63) is 60.0 Å². The minimum Gasteiger partial charge on any atom is -0.459 e. The summed E-state index contributed by atoms with van der Waals surface area (Å²) in [4.78, 5) is 26.5. The van der Waals surface area contributed by atoms with Crippen LogP contribution in [0.4, 0.5) is 15.9 Å². The van der Waals surface area contributed by atoms with Crippen LogP contribution in [0.2, 0.25) is 0 Å². The van der Waals surface area contributed by atoms with Crippen LogP contribution in [0.5, 0.6) is 0 Å². The maximum atomic E-state index is 13.3. The van der Waals surface area contributed by atoms with Gasteiger partial charge in [0.15, 0.2) is 11.7 Å². The lowest BCUT2D eigenvalue weighted by Gasteiger charge is -2.37. The molecule has 1 aromatic heterocycles. The minimum atomic E-state index is -1.22. The van der Waals surface area contributed by atoms with Crippen molar-refractivity contribution >= 4 is 28.5 Å². The van der Waals surface area contributed by atoms with E-state index in [9.17, 15) is 14.4 Å². The van der Waals surface area contributed by atoms with Gasteiger partial charge >= 0.3 is 5.97 Å². The molecule has 2 heterocycles. The van der Waals surface area contributed by atoms with E-state index in [1.807, 2.05) is 23.1 Å². The molecule has 34 heavy (non-hydrogen) atoms. The van der Waals surface area contributed by atoms with Crippen LogP contribution in [0.3, 0.4) is 0 Å². The van der Waals surface area contributed by atoms with Crippen LogP contribution in [0, 0.1) is 17.1 Å². The first-order valence-corrected chi connectivity index (χ1v) is 11.1. The summed E-state index contributed by atoms with van der Waals surface area (Å²) < 4.78 is 23.7. The van der Waals surface area contributed by atoms with Crippen molar-refractivity contribution in [2.24, 2.45) is 0 Å². The van der Waals surface area contributed by atoms with Gasteiger partial charge < -0.3 is 19.3 Å². The minimum absolute atomic E-state index is 0.228. The number of hydrogen-bond donors (Lipinski definition) is 0. The number of nitriles is 1. The average molecular weight is 464 g/mol. The Labute approximate surface area is 197 Å². The van der Waals surface area contributed by atoms with Crippen molar-refractivity contribution in [3.63, 3.8) is 0 Å². The lowest BCUT2D eigenvalue weighted by Crippen LogP contribution is -2.47. The molecule has 2 atom stereocenters. The van der Waals surface area contributed by atoms with Gasteiger partial charge in [0.05, 0.1) is 23.7 Å². The van der Waals surface area contributed by atoms with Gasteiger partial charge in [0.1, 0.15) is 17.6 Å². The predicted molar refractivity (Wildman–Crippen MR) is 126 cm³/mol. The fraction of sp³-hybridized carbons (Fsp3) is 0.360. The number of carbonyl (C=O) groups excluding carboxylic acids is 1. The molecule has 4 rings (SSSR count). The van der Waals surface area contributed by atoms with Crippen LogP contribution in [-0.4, -0.2) is 61.9 Å². The molecule has 9 heteroatoms. The number of piperazine rings is 1. The first-order chi connectivity index (χ1) is 16.5. The normalized spacial score (nSPS) is 15.6. The van der Waals surface area contributed by atoms with E-state index in [4.69, 9.17) is 14.5 Å². The monoisotopic (exact) mass is 463 g/mol. The molecule has 2 unspecified atom stereocenters. The van der Waals surface area contributed by atoms with Gasteiger partial charge in [0, 0.05) is 39.0 Å². The largest absolute Gasteiger partial charge is 0.459 e. The van der Waals surface area contributed by atoms with E-state index in [2.05, 4.69) is 16.0 Å². The number of halogens is 1. The van der Waals surface area contributed by atoms with Gasteiger partial charge in [-0.1, -0.05) is 12.1 Å². The van der Waals surface area contributed by atoms with Crippen LogP contribution in [0.15, 0.2) is 48.5 Å². The number of rotatable bonds is 7. The molecule has 0 aliphatic carbocycles. The van der Waals surface area contributed by atoms with Crippen LogP contribution >= 0.6 is 0 Å². The first kappa shape index (κ1) is 23.4. The summed E-state index contributed by atoms with van der Waals surface area (Å²) in [5.41, 5.74) is 2.51. The lowest BCUT2D eigenvalue weighted by atomic mass is 10.1. The summed E-state index contributed by atoms with van der Waals surface area (Å²) in [5.74, 6) is -1.67. The molecule has 0 bridgehead atoms. The molecule has 0 spiro atoms. The number of fused-ring (bicyclic) bond motifs is 1.